The standard InChI is InChI=1S/C11H25P/c1-7-11(3)9-10-12(4,5,6)8-2/h3,7-10H2,1-2,4-6H3. The van der Waals surface area contributed by atoms with Crippen LogP contribution in [-0.4, -0.2) is 32.3 Å². The van der Waals surface area contributed by atoms with Crippen molar-refractivity contribution in [2.75, 3.05) is 32.3 Å². The normalized spacial score (nSPS) is 15.2. The van der Waals surface area contributed by atoms with Gasteiger partial charge in [-0.3, -0.25) is 0 Å². The van der Waals surface area contributed by atoms with Crippen LogP contribution in [0.4, 0.5) is 0 Å². The van der Waals surface area contributed by atoms with E-state index in [1.165, 1.54) is 24.3 Å². The number of rotatable bonds is 5. The Balaban J connectivity index is 4.00. The van der Waals surface area contributed by atoms with E-state index in [0.29, 0.717) is 0 Å². The van der Waals surface area contributed by atoms with Gasteiger partial charge in [-0.15, -0.1) is 0 Å². The van der Waals surface area contributed by atoms with Gasteiger partial charge in [0, 0.05) is 0 Å². The number of hydrogen-bond donors (Lipinski definition) is 0. The van der Waals surface area contributed by atoms with Gasteiger partial charge in [0.2, 0.25) is 0 Å². The van der Waals surface area contributed by atoms with Crippen LogP contribution in [-0.2, 0) is 0 Å². The van der Waals surface area contributed by atoms with Crippen molar-refractivity contribution in [2.24, 2.45) is 0 Å². The number of allylic oxidation sites excluding steroid dienone is 1. The third-order valence-corrected chi connectivity index (χ3v) is 7.19. The molecule has 0 spiro atoms. The SMILES string of the molecule is C=C(CC)CCP(C)(C)(C)CC. The zero-order valence-corrected chi connectivity index (χ0v) is 10.4. The molecular formula is C11H25P. The molecule has 12 heavy (non-hydrogen) atoms. The van der Waals surface area contributed by atoms with Gasteiger partial charge in [-0.1, -0.05) is 0 Å². The average molecular weight is 188 g/mol. The summed E-state index contributed by atoms with van der Waals surface area (Å²) in [6, 6.07) is 0. The predicted molar refractivity (Wildman–Crippen MR) is 64.1 cm³/mol. The van der Waals surface area contributed by atoms with E-state index >= 15 is 0 Å². The predicted octanol–water partition coefficient (Wildman–Crippen LogP) is 3.81. The Hall–Kier alpha value is 0.170. The Morgan fingerprint density at radius 2 is 1.67 bits per heavy atom. The van der Waals surface area contributed by atoms with E-state index in [0.717, 1.165) is 6.42 Å². The molecule has 0 nitrogen and oxygen atoms in total. The van der Waals surface area contributed by atoms with E-state index in [9.17, 15) is 0 Å². The van der Waals surface area contributed by atoms with Crippen LogP contribution >= 0.6 is 6.60 Å². The first-order valence-corrected chi connectivity index (χ1v) is 8.90. The van der Waals surface area contributed by atoms with E-state index in [-0.39, 0.29) is 0 Å². The van der Waals surface area contributed by atoms with E-state index in [1.54, 1.807) is 0 Å². The van der Waals surface area contributed by atoms with Gasteiger partial charge in [0.1, 0.15) is 0 Å². The van der Waals surface area contributed by atoms with Crippen LogP contribution in [0.2, 0.25) is 0 Å². The molecule has 0 rings (SSSR count). The van der Waals surface area contributed by atoms with Crippen molar-refractivity contribution >= 4 is 6.60 Å². The molecule has 0 N–H and O–H groups in total. The average Bonchev–Trinajstić information content (AvgIpc) is 2.00. The van der Waals surface area contributed by atoms with E-state index in [1.807, 2.05) is 0 Å². The third kappa shape index (κ3) is 4.93. The molecule has 0 atom stereocenters. The second-order valence-corrected chi connectivity index (χ2v) is 13.4. The fraction of sp³-hybridized carbons (Fsp3) is 0.818. The first-order chi connectivity index (χ1) is 5.28. The van der Waals surface area contributed by atoms with Gasteiger partial charge < -0.3 is 0 Å². The Morgan fingerprint density at radius 3 is 2.00 bits per heavy atom. The van der Waals surface area contributed by atoms with Gasteiger partial charge in [-0.05, 0) is 0 Å². The molecule has 0 unspecified atom stereocenters. The summed E-state index contributed by atoms with van der Waals surface area (Å²) in [7, 11) is 0. The molecule has 1 heteroatoms. The summed E-state index contributed by atoms with van der Waals surface area (Å²) < 4.78 is 0. The monoisotopic (exact) mass is 188 g/mol. The van der Waals surface area contributed by atoms with Crippen LogP contribution in [0.5, 0.6) is 0 Å². The molecule has 0 amide bonds. The molecule has 0 saturated heterocycles. The van der Waals surface area contributed by atoms with Crippen molar-refractivity contribution in [3.05, 3.63) is 12.2 Å². The van der Waals surface area contributed by atoms with Crippen molar-refractivity contribution < 1.29 is 0 Å². The van der Waals surface area contributed by atoms with E-state index in [2.05, 4.69) is 40.4 Å². The summed E-state index contributed by atoms with van der Waals surface area (Å²) in [4.78, 5) is 0. The molecule has 0 fully saturated rings. The van der Waals surface area contributed by atoms with Crippen molar-refractivity contribution in [1.82, 2.24) is 0 Å². The van der Waals surface area contributed by atoms with Crippen LogP contribution in [0.3, 0.4) is 0 Å². The van der Waals surface area contributed by atoms with Crippen molar-refractivity contribution in [3.8, 4) is 0 Å². The molecule has 0 saturated carbocycles. The Labute approximate surface area is 78.4 Å². The van der Waals surface area contributed by atoms with Gasteiger partial charge in [0.25, 0.3) is 0 Å². The quantitative estimate of drug-likeness (QED) is 0.454. The van der Waals surface area contributed by atoms with Crippen LogP contribution in [0.15, 0.2) is 12.2 Å². The molecule has 0 bridgehead atoms. The first kappa shape index (κ1) is 12.2. The summed E-state index contributed by atoms with van der Waals surface area (Å²) in [5, 5.41) is 0. The van der Waals surface area contributed by atoms with Crippen LogP contribution in [0.1, 0.15) is 26.7 Å². The maximum atomic E-state index is 4.06. The molecular weight excluding hydrogens is 163 g/mol. The first-order valence-electron chi connectivity index (χ1n) is 4.95. The molecule has 0 radical (unpaired) electrons. The van der Waals surface area contributed by atoms with Gasteiger partial charge >= 0.3 is 77.8 Å². The van der Waals surface area contributed by atoms with Gasteiger partial charge in [-0.25, -0.2) is 0 Å². The Kier molecular flexibility index (Phi) is 3.97. The molecule has 0 aliphatic heterocycles. The molecule has 0 aliphatic carbocycles. The topological polar surface area (TPSA) is 0 Å². The zero-order chi connectivity index (χ0) is 9.85. The minimum absolute atomic E-state index is 1.15. The fourth-order valence-corrected chi connectivity index (χ4v) is 2.37. The summed E-state index contributed by atoms with van der Waals surface area (Å²) in [6.45, 7) is 14.8. The van der Waals surface area contributed by atoms with E-state index in [4.69, 9.17) is 0 Å². The Morgan fingerprint density at radius 1 is 1.17 bits per heavy atom. The van der Waals surface area contributed by atoms with Gasteiger partial charge in [-0.2, -0.15) is 0 Å². The van der Waals surface area contributed by atoms with Gasteiger partial charge in [0.05, 0.1) is 0 Å². The second kappa shape index (κ2) is 3.92. The molecule has 0 aliphatic rings. The maximum absolute atomic E-state index is 4.06. The second-order valence-electron chi connectivity index (χ2n) is 5.36. The molecule has 0 aromatic rings. The summed E-state index contributed by atoms with van der Waals surface area (Å²) in [5.74, 6) is 0. The van der Waals surface area contributed by atoms with Crippen LogP contribution < -0.4 is 0 Å². The zero-order valence-electron chi connectivity index (χ0n) is 9.48. The summed E-state index contributed by atoms with van der Waals surface area (Å²) in [6.07, 6.45) is 5.14. The van der Waals surface area contributed by atoms with Crippen LogP contribution in [0, 0.1) is 0 Å². The van der Waals surface area contributed by atoms with Crippen molar-refractivity contribution in [3.63, 3.8) is 0 Å². The summed E-state index contributed by atoms with van der Waals surface area (Å²) >= 11 is 0. The molecule has 0 heterocycles. The minimum atomic E-state index is -1.28. The molecule has 0 aromatic carbocycles. The third-order valence-electron chi connectivity index (χ3n) is 2.97. The molecule has 0 aromatic heterocycles. The van der Waals surface area contributed by atoms with Crippen molar-refractivity contribution in [2.45, 2.75) is 26.7 Å². The van der Waals surface area contributed by atoms with E-state index < -0.39 is 6.60 Å². The fourth-order valence-electron chi connectivity index (χ4n) is 0.907. The number of hydrogen-bond acceptors (Lipinski definition) is 0. The van der Waals surface area contributed by atoms with Crippen molar-refractivity contribution in [1.29, 1.82) is 0 Å². The Bertz CT molecular complexity index is 160. The van der Waals surface area contributed by atoms with Gasteiger partial charge in [0.15, 0.2) is 0 Å². The molecule has 74 valence electrons. The summed E-state index contributed by atoms with van der Waals surface area (Å²) in [5.41, 5.74) is 1.42. The van der Waals surface area contributed by atoms with Crippen LogP contribution in [0.25, 0.3) is 0 Å².